The third-order valence-corrected chi connectivity index (χ3v) is 5.31. The summed E-state index contributed by atoms with van der Waals surface area (Å²) in [5.41, 5.74) is 3.16. The second-order valence-corrected chi connectivity index (χ2v) is 7.49. The molecule has 0 radical (unpaired) electrons. The zero-order chi connectivity index (χ0) is 19.1. The number of aromatic amines is 1. The Morgan fingerprint density at radius 2 is 2.07 bits per heavy atom. The topological polar surface area (TPSA) is 79.2 Å². The number of imidazole rings is 1. The van der Waals surface area contributed by atoms with Gasteiger partial charge < -0.3 is 14.3 Å². The third-order valence-electron chi connectivity index (χ3n) is 5.31. The fourth-order valence-electron chi connectivity index (χ4n) is 3.52. The van der Waals surface area contributed by atoms with E-state index in [1.165, 1.54) is 4.90 Å². The maximum Gasteiger partial charge on any atom is 0.349 e. The van der Waals surface area contributed by atoms with E-state index in [1.807, 2.05) is 31.2 Å². The molecule has 1 amide bonds. The minimum absolute atomic E-state index is 0.104. The number of fused-ring (bicyclic) bond motifs is 1. The van der Waals surface area contributed by atoms with Crippen molar-refractivity contribution in [3.63, 3.8) is 0 Å². The summed E-state index contributed by atoms with van der Waals surface area (Å²) in [6.45, 7) is 4.10. The summed E-state index contributed by atoms with van der Waals surface area (Å²) in [6.07, 6.45) is 3.25. The Balaban J connectivity index is 1.57. The van der Waals surface area contributed by atoms with Crippen LogP contribution in [0.4, 0.5) is 0 Å². The van der Waals surface area contributed by atoms with E-state index < -0.39 is 5.63 Å². The van der Waals surface area contributed by atoms with Crippen molar-refractivity contribution in [3.8, 4) is 0 Å². The van der Waals surface area contributed by atoms with Crippen molar-refractivity contribution in [1.29, 1.82) is 0 Å². The van der Waals surface area contributed by atoms with Gasteiger partial charge in [0.2, 0.25) is 0 Å². The SMILES string of the molecule is Cc1ccc2nc(CN(C)C(=O)c3c(C)cc(C4CCC4)oc3=O)[nH]c2c1. The normalized spacial score (nSPS) is 14.3. The van der Waals surface area contributed by atoms with E-state index in [-0.39, 0.29) is 18.0 Å². The van der Waals surface area contributed by atoms with Crippen LogP contribution < -0.4 is 5.63 Å². The maximum atomic E-state index is 12.8. The standard InChI is InChI=1S/C21H23N3O3/c1-12-7-8-15-16(9-12)23-18(22-15)11-24(3)20(25)19-13(2)10-17(27-21(19)26)14-5-4-6-14/h7-10,14H,4-6,11H2,1-3H3,(H,22,23). The highest BCUT2D eigenvalue weighted by molar-refractivity contribution is 5.95. The predicted molar refractivity (Wildman–Crippen MR) is 103 cm³/mol. The van der Waals surface area contributed by atoms with Crippen molar-refractivity contribution in [1.82, 2.24) is 14.9 Å². The van der Waals surface area contributed by atoms with Crippen LogP contribution in [0.3, 0.4) is 0 Å². The average molecular weight is 365 g/mol. The first kappa shape index (κ1) is 17.5. The molecular formula is C21H23N3O3. The molecule has 0 aliphatic heterocycles. The van der Waals surface area contributed by atoms with Gasteiger partial charge in [-0.1, -0.05) is 12.5 Å². The Morgan fingerprint density at radius 1 is 1.30 bits per heavy atom. The van der Waals surface area contributed by atoms with E-state index in [1.54, 1.807) is 14.0 Å². The van der Waals surface area contributed by atoms with Crippen molar-refractivity contribution in [3.05, 3.63) is 63.0 Å². The molecule has 2 heterocycles. The van der Waals surface area contributed by atoms with Crippen molar-refractivity contribution in [2.24, 2.45) is 0 Å². The minimum atomic E-state index is -0.547. The van der Waals surface area contributed by atoms with Crippen LogP contribution in [-0.2, 0) is 6.54 Å². The first-order chi connectivity index (χ1) is 12.9. The van der Waals surface area contributed by atoms with E-state index in [0.29, 0.717) is 23.1 Å². The van der Waals surface area contributed by atoms with Gasteiger partial charge in [0.05, 0.1) is 17.6 Å². The highest BCUT2D eigenvalue weighted by atomic mass is 16.4. The molecule has 140 valence electrons. The Hall–Kier alpha value is -2.89. The van der Waals surface area contributed by atoms with Crippen molar-refractivity contribution in [2.45, 2.75) is 45.6 Å². The molecule has 6 nitrogen and oxygen atoms in total. The molecule has 6 heteroatoms. The van der Waals surface area contributed by atoms with Crippen LogP contribution in [0.25, 0.3) is 11.0 Å². The molecule has 0 spiro atoms. The first-order valence-corrected chi connectivity index (χ1v) is 9.27. The minimum Gasteiger partial charge on any atom is -0.427 e. The Kier molecular flexibility index (Phi) is 4.34. The number of amides is 1. The smallest absolute Gasteiger partial charge is 0.349 e. The second kappa shape index (κ2) is 6.68. The largest absolute Gasteiger partial charge is 0.427 e. The average Bonchev–Trinajstić information content (AvgIpc) is 2.93. The Morgan fingerprint density at radius 3 is 2.74 bits per heavy atom. The number of benzene rings is 1. The van der Waals surface area contributed by atoms with E-state index in [4.69, 9.17) is 4.42 Å². The highest BCUT2D eigenvalue weighted by Gasteiger charge is 2.26. The van der Waals surface area contributed by atoms with Gasteiger partial charge >= 0.3 is 5.63 Å². The molecule has 1 aromatic carbocycles. The van der Waals surface area contributed by atoms with Gasteiger partial charge in [-0.05, 0) is 56.0 Å². The molecule has 4 rings (SSSR count). The number of hydrogen-bond donors (Lipinski definition) is 1. The van der Waals surface area contributed by atoms with Gasteiger partial charge in [0.25, 0.3) is 5.91 Å². The summed E-state index contributed by atoms with van der Waals surface area (Å²) in [7, 11) is 1.67. The fourth-order valence-corrected chi connectivity index (χ4v) is 3.52. The maximum absolute atomic E-state index is 12.8. The molecule has 1 saturated carbocycles. The number of H-pyrrole nitrogens is 1. The summed E-state index contributed by atoms with van der Waals surface area (Å²) in [5, 5.41) is 0. The summed E-state index contributed by atoms with van der Waals surface area (Å²) in [4.78, 5) is 34.5. The lowest BCUT2D eigenvalue weighted by molar-refractivity contribution is 0.0775. The van der Waals surface area contributed by atoms with Crippen LogP contribution in [-0.4, -0.2) is 27.8 Å². The molecule has 27 heavy (non-hydrogen) atoms. The van der Waals surface area contributed by atoms with E-state index in [0.717, 1.165) is 35.9 Å². The lowest BCUT2D eigenvalue weighted by Crippen LogP contribution is -2.32. The number of nitrogens with one attached hydrogen (secondary N) is 1. The van der Waals surface area contributed by atoms with Gasteiger partial charge in [-0.3, -0.25) is 4.79 Å². The lowest BCUT2D eigenvalue weighted by Gasteiger charge is -2.24. The first-order valence-electron chi connectivity index (χ1n) is 9.27. The molecule has 1 fully saturated rings. The number of nitrogens with zero attached hydrogens (tertiary/aromatic N) is 2. The summed E-state index contributed by atoms with van der Waals surface area (Å²) in [6, 6.07) is 7.81. The molecule has 1 aliphatic rings. The molecule has 0 atom stereocenters. The summed E-state index contributed by atoms with van der Waals surface area (Å²) < 4.78 is 5.45. The van der Waals surface area contributed by atoms with Crippen LogP contribution in [0.2, 0.25) is 0 Å². The van der Waals surface area contributed by atoms with Gasteiger partial charge in [0.15, 0.2) is 0 Å². The zero-order valence-electron chi connectivity index (χ0n) is 15.8. The molecule has 3 aromatic rings. The molecule has 0 saturated heterocycles. The van der Waals surface area contributed by atoms with E-state index in [9.17, 15) is 9.59 Å². The van der Waals surface area contributed by atoms with Crippen molar-refractivity contribution in [2.75, 3.05) is 7.05 Å². The lowest BCUT2D eigenvalue weighted by atomic mass is 9.83. The summed E-state index contributed by atoms with van der Waals surface area (Å²) in [5.74, 6) is 1.35. The Labute approximate surface area is 157 Å². The van der Waals surface area contributed by atoms with Crippen molar-refractivity contribution < 1.29 is 9.21 Å². The monoisotopic (exact) mass is 365 g/mol. The fraction of sp³-hybridized carbons (Fsp3) is 0.381. The number of aromatic nitrogens is 2. The van der Waals surface area contributed by atoms with Crippen molar-refractivity contribution >= 4 is 16.9 Å². The van der Waals surface area contributed by atoms with Gasteiger partial charge in [0, 0.05) is 13.0 Å². The highest BCUT2D eigenvalue weighted by Crippen LogP contribution is 2.36. The molecule has 1 aliphatic carbocycles. The number of rotatable bonds is 4. The van der Waals surface area contributed by atoms with Gasteiger partial charge in [0.1, 0.15) is 17.1 Å². The zero-order valence-corrected chi connectivity index (χ0v) is 15.8. The Bertz CT molecular complexity index is 1080. The van der Waals surface area contributed by atoms with Gasteiger partial charge in [-0.25, -0.2) is 9.78 Å². The van der Waals surface area contributed by atoms with Gasteiger partial charge in [-0.15, -0.1) is 0 Å². The quantitative estimate of drug-likeness (QED) is 0.765. The van der Waals surface area contributed by atoms with Crippen LogP contribution >= 0.6 is 0 Å². The molecule has 0 bridgehead atoms. The van der Waals surface area contributed by atoms with Crippen LogP contribution in [0.1, 0.15) is 58.2 Å². The second-order valence-electron chi connectivity index (χ2n) is 7.49. The molecule has 0 unspecified atom stereocenters. The van der Waals surface area contributed by atoms with E-state index in [2.05, 4.69) is 9.97 Å². The number of carbonyl (C=O) groups is 1. The van der Waals surface area contributed by atoms with Crippen LogP contribution in [0.5, 0.6) is 0 Å². The van der Waals surface area contributed by atoms with Crippen LogP contribution in [0, 0.1) is 13.8 Å². The summed E-state index contributed by atoms with van der Waals surface area (Å²) >= 11 is 0. The molecule has 2 aromatic heterocycles. The molecule has 1 N–H and O–H groups in total. The third kappa shape index (κ3) is 3.27. The van der Waals surface area contributed by atoms with E-state index >= 15 is 0 Å². The van der Waals surface area contributed by atoms with Crippen LogP contribution in [0.15, 0.2) is 33.5 Å². The predicted octanol–water partition coefficient (Wildman–Crippen LogP) is 3.67. The number of carbonyl (C=O) groups excluding carboxylic acids is 1. The number of hydrogen-bond acceptors (Lipinski definition) is 4. The van der Waals surface area contributed by atoms with Gasteiger partial charge in [-0.2, -0.15) is 0 Å². The molecular weight excluding hydrogens is 342 g/mol. The number of aryl methyl sites for hydroxylation is 2.